The Morgan fingerprint density at radius 1 is 1.26 bits per heavy atom. The monoisotopic (exact) mass is 372 g/mol. The van der Waals surface area contributed by atoms with Gasteiger partial charge in [0.2, 0.25) is 5.91 Å². The summed E-state index contributed by atoms with van der Waals surface area (Å²) in [7, 11) is 0. The van der Waals surface area contributed by atoms with E-state index in [1.807, 2.05) is 35.8 Å². The molecule has 146 valence electrons. The first kappa shape index (κ1) is 18.4. The molecule has 1 amide bonds. The lowest BCUT2D eigenvalue weighted by molar-refractivity contribution is -0.135. The van der Waals surface area contributed by atoms with Crippen LogP contribution in [0.25, 0.3) is 11.0 Å². The number of para-hydroxylation sites is 2. The molecule has 0 aliphatic carbocycles. The van der Waals surface area contributed by atoms with Gasteiger partial charge in [-0.15, -0.1) is 0 Å². The SMILES string of the molecule is Cc1nc2ccccc2n1CC(=O)N1CCOCC(O)(CN2CCCC2)C1. The van der Waals surface area contributed by atoms with E-state index in [-0.39, 0.29) is 19.1 Å². The summed E-state index contributed by atoms with van der Waals surface area (Å²) in [4.78, 5) is 21.6. The van der Waals surface area contributed by atoms with Crippen LogP contribution in [0.5, 0.6) is 0 Å². The molecule has 1 atom stereocenters. The van der Waals surface area contributed by atoms with Crippen molar-refractivity contribution in [2.45, 2.75) is 31.9 Å². The maximum absolute atomic E-state index is 13.0. The van der Waals surface area contributed by atoms with Crippen LogP contribution in [-0.4, -0.2) is 81.9 Å². The summed E-state index contributed by atoms with van der Waals surface area (Å²) in [6.45, 7) is 6.28. The van der Waals surface area contributed by atoms with E-state index in [4.69, 9.17) is 4.74 Å². The summed E-state index contributed by atoms with van der Waals surface area (Å²) in [5, 5.41) is 11.1. The Bertz CT molecular complexity index is 815. The second kappa shape index (κ2) is 7.58. The normalized spacial score (nSPS) is 24.4. The molecule has 0 spiro atoms. The third-order valence-corrected chi connectivity index (χ3v) is 5.57. The molecule has 2 aliphatic rings. The van der Waals surface area contributed by atoms with E-state index in [2.05, 4.69) is 9.88 Å². The number of ether oxygens (including phenoxy) is 1. The van der Waals surface area contributed by atoms with Crippen LogP contribution in [0.15, 0.2) is 24.3 Å². The zero-order chi connectivity index (χ0) is 18.9. The van der Waals surface area contributed by atoms with E-state index in [0.29, 0.717) is 26.2 Å². The number of nitrogens with zero attached hydrogens (tertiary/aromatic N) is 4. The number of aliphatic hydroxyl groups is 1. The molecule has 1 N–H and O–H groups in total. The van der Waals surface area contributed by atoms with Crippen molar-refractivity contribution in [3.8, 4) is 0 Å². The van der Waals surface area contributed by atoms with Gasteiger partial charge in [-0.2, -0.15) is 0 Å². The highest BCUT2D eigenvalue weighted by molar-refractivity contribution is 5.81. The average Bonchev–Trinajstić information content (AvgIpc) is 3.20. The number of hydrogen-bond acceptors (Lipinski definition) is 5. The number of carbonyl (C=O) groups is 1. The number of likely N-dealkylation sites (tertiary alicyclic amines) is 1. The fraction of sp³-hybridized carbons (Fsp3) is 0.600. The van der Waals surface area contributed by atoms with E-state index in [1.165, 1.54) is 12.8 Å². The maximum Gasteiger partial charge on any atom is 0.242 e. The Labute approximate surface area is 159 Å². The van der Waals surface area contributed by atoms with Crippen LogP contribution in [-0.2, 0) is 16.1 Å². The lowest BCUT2D eigenvalue weighted by atomic mass is 10.0. The molecule has 3 heterocycles. The summed E-state index contributed by atoms with van der Waals surface area (Å²) in [6.07, 6.45) is 2.35. The van der Waals surface area contributed by atoms with Crippen LogP contribution < -0.4 is 0 Å². The average molecular weight is 372 g/mol. The summed E-state index contributed by atoms with van der Waals surface area (Å²) in [5.74, 6) is 0.814. The number of aryl methyl sites for hydroxylation is 1. The zero-order valence-electron chi connectivity index (χ0n) is 15.9. The summed E-state index contributed by atoms with van der Waals surface area (Å²) in [5.41, 5.74) is 0.844. The van der Waals surface area contributed by atoms with Crippen molar-refractivity contribution in [1.29, 1.82) is 0 Å². The first-order chi connectivity index (χ1) is 13.0. The highest BCUT2D eigenvalue weighted by Gasteiger charge is 2.36. The number of rotatable bonds is 4. The first-order valence-electron chi connectivity index (χ1n) is 9.76. The second-order valence-corrected chi connectivity index (χ2v) is 7.81. The Hall–Kier alpha value is -1.96. The summed E-state index contributed by atoms with van der Waals surface area (Å²) >= 11 is 0. The third kappa shape index (κ3) is 4.00. The minimum atomic E-state index is -1.01. The molecule has 7 nitrogen and oxygen atoms in total. The fourth-order valence-corrected chi connectivity index (χ4v) is 4.21. The van der Waals surface area contributed by atoms with Gasteiger partial charge in [-0.25, -0.2) is 4.98 Å². The molecule has 0 saturated carbocycles. The van der Waals surface area contributed by atoms with Gasteiger partial charge in [-0.3, -0.25) is 4.79 Å². The Morgan fingerprint density at radius 2 is 2.04 bits per heavy atom. The van der Waals surface area contributed by atoms with Gasteiger partial charge in [0, 0.05) is 13.1 Å². The standard InChI is InChI=1S/C20H28N4O3/c1-16-21-17-6-2-3-7-18(17)24(16)12-19(25)23-10-11-27-15-20(26,14-23)13-22-8-4-5-9-22/h2-3,6-7,26H,4-5,8-15H2,1H3. The van der Waals surface area contributed by atoms with Crippen LogP contribution in [0.3, 0.4) is 0 Å². The zero-order valence-corrected chi connectivity index (χ0v) is 15.9. The van der Waals surface area contributed by atoms with Gasteiger partial charge in [0.25, 0.3) is 0 Å². The lowest BCUT2D eigenvalue weighted by Gasteiger charge is -2.34. The molecule has 2 fully saturated rings. The lowest BCUT2D eigenvalue weighted by Crippen LogP contribution is -2.53. The summed E-state index contributed by atoms with van der Waals surface area (Å²) in [6, 6.07) is 7.85. The van der Waals surface area contributed by atoms with Gasteiger partial charge in [0.15, 0.2) is 0 Å². The Kier molecular flexibility index (Phi) is 5.16. The number of imidazole rings is 1. The van der Waals surface area contributed by atoms with Gasteiger partial charge < -0.3 is 24.2 Å². The highest BCUT2D eigenvalue weighted by atomic mass is 16.5. The Balaban J connectivity index is 1.49. The number of carbonyl (C=O) groups excluding carboxylic acids is 1. The minimum Gasteiger partial charge on any atom is -0.384 e. The van der Waals surface area contributed by atoms with Crippen molar-refractivity contribution in [3.05, 3.63) is 30.1 Å². The Morgan fingerprint density at radius 3 is 2.85 bits per heavy atom. The maximum atomic E-state index is 13.0. The van der Waals surface area contributed by atoms with Crippen molar-refractivity contribution < 1.29 is 14.6 Å². The quantitative estimate of drug-likeness (QED) is 0.868. The molecule has 4 rings (SSSR count). The predicted molar refractivity (Wildman–Crippen MR) is 102 cm³/mol. The van der Waals surface area contributed by atoms with Crippen LogP contribution >= 0.6 is 0 Å². The van der Waals surface area contributed by atoms with Crippen LogP contribution in [0.4, 0.5) is 0 Å². The number of amides is 1. The number of benzene rings is 1. The van der Waals surface area contributed by atoms with Gasteiger partial charge in [-0.1, -0.05) is 12.1 Å². The van der Waals surface area contributed by atoms with Gasteiger partial charge in [0.1, 0.15) is 18.0 Å². The topological polar surface area (TPSA) is 70.8 Å². The highest BCUT2D eigenvalue weighted by Crippen LogP contribution is 2.20. The van der Waals surface area contributed by atoms with Crippen molar-refractivity contribution in [2.24, 2.45) is 0 Å². The molecule has 2 aliphatic heterocycles. The smallest absolute Gasteiger partial charge is 0.242 e. The van der Waals surface area contributed by atoms with Crippen LogP contribution in [0.1, 0.15) is 18.7 Å². The third-order valence-electron chi connectivity index (χ3n) is 5.57. The molecule has 0 bridgehead atoms. The number of β-amino-alcohol motifs (C(OH)–C–C–N with tert-alkyl or cyclic N) is 1. The number of hydrogen-bond donors (Lipinski definition) is 1. The van der Waals surface area contributed by atoms with Gasteiger partial charge in [0.05, 0.1) is 30.8 Å². The number of fused-ring (bicyclic) bond motifs is 1. The first-order valence-corrected chi connectivity index (χ1v) is 9.76. The van der Waals surface area contributed by atoms with Crippen molar-refractivity contribution in [3.63, 3.8) is 0 Å². The van der Waals surface area contributed by atoms with E-state index >= 15 is 0 Å². The second-order valence-electron chi connectivity index (χ2n) is 7.81. The van der Waals surface area contributed by atoms with E-state index in [9.17, 15) is 9.90 Å². The van der Waals surface area contributed by atoms with Gasteiger partial charge >= 0.3 is 0 Å². The van der Waals surface area contributed by atoms with E-state index < -0.39 is 5.60 Å². The fourth-order valence-electron chi connectivity index (χ4n) is 4.21. The molecule has 1 aromatic heterocycles. The molecule has 1 aromatic carbocycles. The molecular formula is C20H28N4O3. The minimum absolute atomic E-state index is 0.00778. The molecule has 7 heteroatoms. The van der Waals surface area contributed by atoms with Crippen LogP contribution in [0.2, 0.25) is 0 Å². The molecule has 27 heavy (non-hydrogen) atoms. The molecule has 0 radical (unpaired) electrons. The van der Waals surface area contributed by atoms with Crippen molar-refractivity contribution >= 4 is 16.9 Å². The molecule has 2 saturated heterocycles. The van der Waals surface area contributed by atoms with Crippen LogP contribution in [0, 0.1) is 6.92 Å². The predicted octanol–water partition coefficient (Wildman–Crippen LogP) is 1.03. The number of aromatic nitrogens is 2. The van der Waals surface area contributed by atoms with E-state index in [0.717, 1.165) is 29.9 Å². The van der Waals surface area contributed by atoms with Crippen molar-refractivity contribution in [1.82, 2.24) is 19.4 Å². The molecule has 1 unspecified atom stereocenters. The molecule has 2 aromatic rings. The van der Waals surface area contributed by atoms with Gasteiger partial charge in [-0.05, 0) is 45.0 Å². The largest absolute Gasteiger partial charge is 0.384 e. The van der Waals surface area contributed by atoms with E-state index in [1.54, 1.807) is 4.90 Å². The summed E-state index contributed by atoms with van der Waals surface area (Å²) < 4.78 is 7.59. The van der Waals surface area contributed by atoms with Crippen molar-refractivity contribution in [2.75, 3.05) is 45.9 Å². The molecular weight excluding hydrogens is 344 g/mol.